The molecule has 0 aromatic rings. The SMILES string of the molecule is [Br-].[Br-].[Br-].[Cs+]. The van der Waals surface area contributed by atoms with Gasteiger partial charge >= 0.3 is 68.9 Å². The normalized spacial score (nSPS) is 0. The largest absolute Gasteiger partial charge is 1.00 e. The average Bonchev–Trinajstić information content (AvgIpc) is 0. The summed E-state index contributed by atoms with van der Waals surface area (Å²) >= 11 is 0. The zero-order valence-corrected chi connectivity index (χ0v) is 13.2. The van der Waals surface area contributed by atoms with Gasteiger partial charge < -0.3 is 50.9 Å². The number of hydrogen-bond acceptors (Lipinski definition) is 0. The monoisotopic (exact) mass is 370 g/mol. The fourth-order valence-electron chi connectivity index (χ4n) is 0. The quantitative estimate of drug-likeness (QED) is 0.396. The van der Waals surface area contributed by atoms with Crippen molar-refractivity contribution >= 4 is 0 Å². The van der Waals surface area contributed by atoms with Crippen LogP contribution < -0.4 is 120 Å². The van der Waals surface area contributed by atoms with Gasteiger partial charge in [-0.1, -0.05) is 0 Å². The molecule has 0 aromatic carbocycles. The third-order valence-electron chi connectivity index (χ3n) is 0. The summed E-state index contributed by atoms with van der Waals surface area (Å²) in [5.41, 5.74) is 0. The summed E-state index contributed by atoms with van der Waals surface area (Å²) in [5.74, 6) is 0. The van der Waals surface area contributed by atoms with Crippen molar-refractivity contribution in [3.05, 3.63) is 0 Å². The number of hydrogen-bond donors (Lipinski definition) is 0. The summed E-state index contributed by atoms with van der Waals surface area (Å²) in [6.45, 7) is 0. The molecule has 0 aliphatic rings. The average molecular weight is 373 g/mol. The van der Waals surface area contributed by atoms with E-state index in [4.69, 9.17) is 0 Å². The van der Waals surface area contributed by atoms with Crippen LogP contribution in [0.15, 0.2) is 0 Å². The van der Waals surface area contributed by atoms with E-state index in [9.17, 15) is 0 Å². The van der Waals surface area contributed by atoms with E-state index < -0.39 is 0 Å². The van der Waals surface area contributed by atoms with Crippen LogP contribution in [0, 0.1) is 0 Å². The van der Waals surface area contributed by atoms with Crippen LogP contribution in [-0.4, -0.2) is 0 Å². The van der Waals surface area contributed by atoms with E-state index in [2.05, 4.69) is 0 Å². The Hall–Kier alpha value is 3.49. The van der Waals surface area contributed by atoms with Gasteiger partial charge in [0.05, 0.1) is 0 Å². The molecule has 0 radical (unpaired) electrons. The second-order valence-corrected chi connectivity index (χ2v) is 0. The maximum atomic E-state index is 0. The van der Waals surface area contributed by atoms with Gasteiger partial charge in [-0.25, -0.2) is 0 Å². The van der Waals surface area contributed by atoms with Gasteiger partial charge in [0.15, 0.2) is 0 Å². The minimum Gasteiger partial charge on any atom is -1.00 e. The molecule has 0 saturated carbocycles. The standard InChI is InChI=1S/3BrH.Cs/h3*1H;/q;;;+1/p-3. The van der Waals surface area contributed by atoms with Crippen LogP contribution in [0.5, 0.6) is 0 Å². The first-order valence-corrected chi connectivity index (χ1v) is 0. The summed E-state index contributed by atoms with van der Waals surface area (Å²) in [5, 5.41) is 0. The summed E-state index contributed by atoms with van der Waals surface area (Å²) in [7, 11) is 0. The van der Waals surface area contributed by atoms with E-state index in [0.717, 1.165) is 0 Å². The first-order valence-electron chi connectivity index (χ1n) is 0. The van der Waals surface area contributed by atoms with Crippen molar-refractivity contribution in [3.8, 4) is 0 Å². The maximum absolute atomic E-state index is 0. The first-order chi connectivity index (χ1) is 0. The predicted octanol–water partition coefficient (Wildman–Crippen LogP) is -12.0. The Morgan fingerprint density at radius 1 is 0.500 bits per heavy atom. The van der Waals surface area contributed by atoms with Crippen LogP contribution in [0.3, 0.4) is 0 Å². The number of rotatable bonds is 0. The summed E-state index contributed by atoms with van der Waals surface area (Å²) in [6, 6.07) is 0. The van der Waals surface area contributed by atoms with Crippen molar-refractivity contribution in [1.82, 2.24) is 0 Å². The molecular formula is Br3Cs-2. The van der Waals surface area contributed by atoms with Crippen molar-refractivity contribution in [2.45, 2.75) is 0 Å². The summed E-state index contributed by atoms with van der Waals surface area (Å²) < 4.78 is 0. The molecule has 0 bridgehead atoms. The Kier molecular flexibility index (Phi) is 104. The minimum absolute atomic E-state index is 0. The maximum Gasteiger partial charge on any atom is 1.00 e. The second kappa shape index (κ2) is 16.1. The Balaban J connectivity index is 0. The molecule has 0 aliphatic heterocycles. The first kappa shape index (κ1) is 25.9. The van der Waals surface area contributed by atoms with E-state index in [0.29, 0.717) is 0 Å². The zero-order valence-electron chi connectivity index (χ0n) is 2.13. The van der Waals surface area contributed by atoms with Gasteiger partial charge in [-0.3, -0.25) is 0 Å². The van der Waals surface area contributed by atoms with Gasteiger partial charge in [0.25, 0.3) is 0 Å². The molecule has 0 heterocycles. The minimum atomic E-state index is 0. The van der Waals surface area contributed by atoms with Crippen molar-refractivity contribution in [1.29, 1.82) is 0 Å². The van der Waals surface area contributed by atoms with E-state index in [1.807, 2.05) is 0 Å². The third-order valence-corrected chi connectivity index (χ3v) is 0. The predicted molar refractivity (Wildman–Crippen MR) is 0 cm³/mol. The summed E-state index contributed by atoms with van der Waals surface area (Å²) in [4.78, 5) is 0. The molecule has 4 heteroatoms. The van der Waals surface area contributed by atoms with Gasteiger partial charge in [0.2, 0.25) is 0 Å². The van der Waals surface area contributed by atoms with E-state index in [1.54, 1.807) is 0 Å². The van der Waals surface area contributed by atoms with Gasteiger partial charge in [-0.05, 0) is 0 Å². The topological polar surface area (TPSA) is 0 Å². The molecule has 0 atom stereocenters. The Labute approximate surface area is 116 Å². The molecule has 0 amide bonds. The van der Waals surface area contributed by atoms with Crippen LogP contribution in [0.1, 0.15) is 0 Å². The molecular weight excluding hydrogens is 373 g/mol. The molecule has 0 saturated heterocycles. The third kappa shape index (κ3) is 9.09. The van der Waals surface area contributed by atoms with Gasteiger partial charge in [0, 0.05) is 0 Å². The Morgan fingerprint density at radius 2 is 0.500 bits per heavy atom. The molecule has 0 unspecified atom stereocenters. The Bertz CT molecular complexity index is 3.25. The van der Waals surface area contributed by atoms with E-state index in [1.165, 1.54) is 0 Å². The molecule has 0 nitrogen and oxygen atoms in total. The van der Waals surface area contributed by atoms with Gasteiger partial charge in [-0.2, -0.15) is 0 Å². The Morgan fingerprint density at radius 3 is 0.500 bits per heavy atom. The second-order valence-electron chi connectivity index (χ2n) is 0. The molecule has 0 fully saturated rings. The molecule has 0 rings (SSSR count). The molecule has 4 heavy (non-hydrogen) atoms. The molecule has 0 aromatic heterocycles. The number of halogens is 3. The van der Waals surface area contributed by atoms with Crippen molar-refractivity contribution in [3.63, 3.8) is 0 Å². The molecule has 24 valence electrons. The van der Waals surface area contributed by atoms with Crippen LogP contribution in [0.2, 0.25) is 0 Å². The van der Waals surface area contributed by atoms with Crippen LogP contribution in [0.4, 0.5) is 0 Å². The van der Waals surface area contributed by atoms with E-state index >= 15 is 0 Å². The fourth-order valence-corrected chi connectivity index (χ4v) is 0. The smallest absolute Gasteiger partial charge is 1.00 e. The summed E-state index contributed by atoms with van der Waals surface area (Å²) in [6.07, 6.45) is 0. The molecule has 0 N–H and O–H groups in total. The van der Waals surface area contributed by atoms with Crippen LogP contribution >= 0.6 is 0 Å². The van der Waals surface area contributed by atoms with Crippen LogP contribution in [-0.2, 0) is 0 Å². The van der Waals surface area contributed by atoms with Crippen molar-refractivity contribution in [2.24, 2.45) is 0 Å². The zero-order chi connectivity index (χ0) is 0. The van der Waals surface area contributed by atoms with Crippen LogP contribution in [0.25, 0.3) is 0 Å². The van der Waals surface area contributed by atoms with Gasteiger partial charge in [0.1, 0.15) is 0 Å². The molecule has 0 spiro atoms. The van der Waals surface area contributed by atoms with Gasteiger partial charge in [-0.15, -0.1) is 0 Å². The van der Waals surface area contributed by atoms with E-state index in [-0.39, 0.29) is 120 Å². The fraction of sp³-hybridized carbons (Fsp3) is 0. The molecule has 0 aliphatic carbocycles. The van der Waals surface area contributed by atoms with Crippen molar-refractivity contribution in [2.75, 3.05) is 0 Å². The van der Waals surface area contributed by atoms with Crippen molar-refractivity contribution < 1.29 is 120 Å².